The summed E-state index contributed by atoms with van der Waals surface area (Å²) >= 11 is 1.46. The second-order valence-corrected chi connectivity index (χ2v) is 12.7. The molecule has 1 aliphatic carbocycles. The Kier molecular flexibility index (Phi) is 9.40. The zero-order chi connectivity index (χ0) is 27.3. The van der Waals surface area contributed by atoms with Crippen LogP contribution in [-0.2, 0) is 10.0 Å². The first-order valence-electron chi connectivity index (χ1n) is 13.3. The van der Waals surface area contributed by atoms with Gasteiger partial charge in [0, 0.05) is 37.8 Å². The Hall–Kier alpha value is -2.53. The van der Waals surface area contributed by atoms with Crippen molar-refractivity contribution in [3.05, 3.63) is 48.0 Å². The lowest BCUT2D eigenvalue weighted by molar-refractivity contribution is 0.0983. The lowest BCUT2D eigenvalue weighted by Gasteiger charge is -2.30. The molecule has 1 aliphatic rings. The smallest absolute Gasteiger partial charge is 0.260 e. The van der Waals surface area contributed by atoms with Crippen molar-refractivity contribution < 1.29 is 17.9 Å². The van der Waals surface area contributed by atoms with Gasteiger partial charge in [0.25, 0.3) is 5.91 Å². The Morgan fingerprint density at radius 1 is 1.03 bits per heavy atom. The van der Waals surface area contributed by atoms with Crippen molar-refractivity contribution in [3.63, 3.8) is 0 Å². The number of methoxy groups -OCH3 is 1. The standard InChI is InChI=1S/C28H38N4O4S2/c1-5-31(6-2)18-19-32(28-29-25-20-23(36-4)14-17-26(25)37-28)27(33)21-12-15-24(16-13-21)38(34,35)30(3)22-10-8-7-9-11-22/h12-17,20,22H,5-11,18-19H2,1-4H3. The average Bonchev–Trinajstić information content (AvgIpc) is 3.38. The van der Waals surface area contributed by atoms with Gasteiger partial charge in [-0.05, 0) is 62.3 Å². The van der Waals surface area contributed by atoms with E-state index in [1.54, 1.807) is 43.3 Å². The molecular formula is C28H38N4O4S2. The fourth-order valence-electron chi connectivity index (χ4n) is 4.94. The van der Waals surface area contributed by atoms with E-state index in [0.29, 0.717) is 29.5 Å². The van der Waals surface area contributed by atoms with Crippen LogP contribution in [0.2, 0.25) is 0 Å². The highest BCUT2D eigenvalue weighted by atomic mass is 32.2. The minimum absolute atomic E-state index is 0.0308. The molecule has 0 atom stereocenters. The van der Waals surface area contributed by atoms with E-state index in [4.69, 9.17) is 9.72 Å². The van der Waals surface area contributed by atoms with Gasteiger partial charge in [-0.2, -0.15) is 4.31 Å². The van der Waals surface area contributed by atoms with Crippen LogP contribution in [0.3, 0.4) is 0 Å². The molecule has 0 saturated heterocycles. The van der Waals surface area contributed by atoms with Gasteiger partial charge in [0.1, 0.15) is 5.75 Å². The predicted molar refractivity (Wildman–Crippen MR) is 154 cm³/mol. The number of fused-ring (bicyclic) bond motifs is 1. The second-order valence-electron chi connectivity index (χ2n) is 9.65. The van der Waals surface area contributed by atoms with E-state index in [0.717, 1.165) is 55.4 Å². The van der Waals surface area contributed by atoms with Crippen molar-refractivity contribution >= 4 is 42.6 Å². The molecule has 0 spiro atoms. The van der Waals surface area contributed by atoms with Crippen LogP contribution in [0.4, 0.5) is 5.13 Å². The van der Waals surface area contributed by atoms with Gasteiger partial charge < -0.3 is 9.64 Å². The highest BCUT2D eigenvalue weighted by Crippen LogP contribution is 2.32. The van der Waals surface area contributed by atoms with Crippen LogP contribution in [-0.4, -0.2) is 74.9 Å². The van der Waals surface area contributed by atoms with E-state index in [-0.39, 0.29) is 16.8 Å². The number of benzene rings is 2. The van der Waals surface area contributed by atoms with E-state index in [9.17, 15) is 13.2 Å². The highest BCUT2D eigenvalue weighted by Gasteiger charge is 2.29. The first-order chi connectivity index (χ1) is 18.3. The molecule has 0 aliphatic heterocycles. The highest BCUT2D eigenvalue weighted by molar-refractivity contribution is 7.89. The molecule has 3 aromatic rings. The van der Waals surface area contributed by atoms with Crippen LogP contribution in [0.15, 0.2) is 47.4 Å². The van der Waals surface area contributed by atoms with Crippen LogP contribution < -0.4 is 9.64 Å². The molecule has 0 unspecified atom stereocenters. The van der Waals surface area contributed by atoms with Crippen LogP contribution in [0.1, 0.15) is 56.3 Å². The summed E-state index contributed by atoms with van der Waals surface area (Å²) in [5.41, 5.74) is 1.21. The normalized spacial score (nSPS) is 14.9. The number of carbonyl (C=O) groups excluding carboxylic acids is 1. The van der Waals surface area contributed by atoms with E-state index in [1.165, 1.54) is 15.6 Å². The second kappa shape index (κ2) is 12.5. The summed E-state index contributed by atoms with van der Waals surface area (Å²) in [4.78, 5) is 22.7. The summed E-state index contributed by atoms with van der Waals surface area (Å²) in [6.07, 6.45) is 5.05. The molecule has 4 rings (SSSR count). The lowest BCUT2D eigenvalue weighted by Crippen LogP contribution is -2.39. The molecule has 8 nitrogen and oxygen atoms in total. The topological polar surface area (TPSA) is 83.1 Å². The van der Waals surface area contributed by atoms with Crippen LogP contribution in [0.25, 0.3) is 10.2 Å². The van der Waals surface area contributed by atoms with Crippen molar-refractivity contribution in [1.82, 2.24) is 14.2 Å². The minimum Gasteiger partial charge on any atom is -0.497 e. The molecule has 0 bridgehead atoms. The number of sulfonamides is 1. The maximum Gasteiger partial charge on any atom is 0.260 e. The summed E-state index contributed by atoms with van der Waals surface area (Å²) in [7, 11) is -0.342. The Morgan fingerprint density at radius 2 is 1.71 bits per heavy atom. The van der Waals surface area contributed by atoms with Crippen LogP contribution in [0.5, 0.6) is 5.75 Å². The Bertz CT molecular complexity index is 1330. The van der Waals surface area contributed by atoms with Gasteiger partial charge in [0.05, 0.1) is 22.2 Å². The lowest BCUT2D eigenvalue weighted by atomic mass is 9.96. The van der Waals surface area contributed by atoms with Gasteiger partial charge in [-0.3, -0.25) is 9.69 Å². The number of hydrogen-bond acceptors (Lipinski definition) is 7. The van der Waals surface area contributed by atoms with Crippen molar-refractivity contribution in [1.29, 1.82) is 0 Å². The fourth-order valence-corrected chi connectivity index (χ4v) is 7.32. The van der Waals surface area contributed by atoms with Crippen molar-refractivity contribution in [2.75, 3.05) is 45.2 Å². The van der Waals surface area contributed by atoms with Gasteiger partial charge in [-0.25, -0.2) is 13.4 Å². The molecule has 1 fully saturated rings. The molecule has 1 saturated carbocycles. The predicted octanol–water partition coefficient (Wildman–Crippen LogP) is 5.25. The third-order valence-corrected chi connectivity index (χ3v) is 10.4. The number of ether oxygens (including phenoxy) is 1. The number of rotatable bonds is 11. The molecule has 1 amide bonds. The van der Waals surface area contributed by atoms with Gasteiger partial charge in [-0.15, -0.1) is 0 Å². The maximum atomic E-state index is 13.8. The summed E-state index contributed by atoms with van der Waals surface area (Å²) in [5.74, 6) is 0.512. The summed E-state index contributed by atoms with van der Waals surface area (Å²) in [6.45, 7) is 7.15. The van der Waals surface area contributed by atoms with Crippen molar-refractivity contribution in [2.45, 2.75) is 56.9 Å². The fraction of sp³-hybridized carbons (Fsp3) is 0.500. The number of hydrogen-bond donors (Lipinski definition) is 0. The van der Waals surface area contributed by atoms with E-state index in [2.05, 4.69) is 18.7 Å². The number of thiazole rings is 1. The minimum atomic E-state index is -3.63. The third kappa shape index (κ3) is 6.20. The van der Waals surface area contributed by atoms with Crippen LogP contribution in [0, 0.1) is 0 Å². The summed E-state index contributed by atoms with van der Waals surface area (Å²) in [6, 6.07) is 12.1. The maximum absolute atomic E-state index is 13.8. The van der Waals surface area contributed by atoms with Gasteiger partial charge in [-0.1, -0.05) is 44.4 Å². The molecular weight excluding hydrogens is 520 g/mol. The van der Waals surface area contributed by atoms with E-state index >= 15 is 0 Å². The largest absolute Gasteiger partial charge is 0.497 e. The number of amides is 1. The number of likely N-dealkylation sites (N-methyl/N-ethyl adjacent to an activating group) is 1. The molecule has 10 heteroatoms. The molecule has 0 N–H and O–H groups in total. The Balaban J connectivity index is 1.60. The quantitative estimate of drug-likeness (QED) is 0.320. The van der Waals surface area contributed by atoms with Crippen molar-refractivity contribution in [3.8, 4) is 5.75 Å². The molecule has 2 aromatic carbocycles. The first-order valence-corrected chi connectivity index (χ1v) is 15.6. The zero-order valence-corrected chi connectivity index (χ0v) is 24.4. The van der Waals surface area contributed by atoms with Gasteiger partial charge in [0.2, 0.25) is 10.0 Å². The molecule has 1 heterocycles. The zero-order valence-electron chi connectivity index (χ0n) is 22.7. The number of aromatic nitrogens is 1. The summed E-state index contributed by atoms with van der Waals surface area (Å²) < 4.78 is 34.4. The Labute approximate surface area is 230 Å². The molecule has 38 heavy (non-hydrogen) atoms. The van der Waals surface area contributed by atoms with Gasteiger partial charge in [0.15, 0.2) is 5.13 Å². The molecule has 206 valence electrons. The first kappa shape index (κ1) is 28.5. The number of carbonyl (C=O) groups is 1. The van der Waals surface area contributed by atoms with Crippen molar-refractivity contribution in [2.24, 2.45) is 0 Å². The number of nitrogens with zero attached hydrogens (tertiary/aromatic N) is 4. The summed E-state index contributed by atoms with van der Waals surface area (Å²) in [5, 5.41) is 0.610. The average molecular weight is 559 g/mol. The van der Waals surface area contributed by atoms with Crippen LogP contribution >= 0.6 is 11.3 Å². The third-order valence-electron chi connectivity index (χ3n) is 7.46. The molecule has 0 radical (unpaired) electrons. The molecule has 1 aromatic heterocycles. The monoisotopic (exact) mass is 558 g/mol. The number of anilines is 1. The van der Waals surface area contributed by atoms with E-state index < -0.39 is 10.0 Å². The SMILES string of the molecule is CCN(CC)CCN(C(=O)c1ccc(S(=O)(=O)N(C)C2CCCCC2)cc1)c1nc2cc(OC)ccc2s1. The van der Waals surface area contributed by atoms with Gasteiger partial charge >= 0.3 is 0 Å². The van der Waals surface area contributed by atoms with E-state index in [1.807, 2.05) is 18.2 Å². The Morgan fingerprint density at radius 3 is 2.34 bits per heavy atom.